The highest BCUT2D eigenvalue weighted by atomic mass is 35.5. The number of aromatic nitrogens is 2. The molecule has 0 spiro atoms. The van der Waals surface area contributed by atoms with Gasteiger partial charge in [-0.3, -0.25) is 4.40 Å². The normalized spacial score (nSPS) is 11.5. The highest BCUT2D eigenvalue weighted by molar-refractivity contribution is 5.89. The predicted octanol–water partition coefficient (Wildman–Crippen LogP) is 5.44. The first-order valence-corrected chi connectivity index (χ1v) is 9.70. The van der Waals surface area contributed by atoms with E-state index in [-0.39, 0.29) is 12.4 Å². The Morgan fingerprint density at radius 1 is 1.09 bits per heavy atom. The van der Waals surface area contributed by atoms with Gasteiger partial charge in [0, 0.05) is 18.7 Å². The van der Waals surface area contributed by atoms with Crippen LogP contribution in [0, 0.1) is 11.3 Å². The summed E-state index contributed by atoms with van der Waals surface area (Å²) in [6, 6.07) is 16.4. The average Bonchev–Trinajstić information content (AvgIpc) is 3.12. The van der Waals surface area contributed by atoms with Gasteiger partial charge in [0.05, 0.1) is 16.6 Å². The van der Waals surface area contributed by atoms with Crippen LogP contribution in [0.3, 0.4) is 0 Å². The molecule has 2 heterocycles. The summed E-state index contributed by atoms with van der Waals surface area (Å²) in [5.74, 6) is 0.722. The van der Waals surface area contributed by atoms with Crippen LogP contribution in [0.1, 0.15) is 11.1 Å². The molecule has 1 N–H and O–H groups in total. The van der Waals surface area contributed by atoms with Gasteiger partial charge in [0.25, 0.3) is 0 Å². The number of halogens is 4. The second-order valence-corrected chi connectivity index (χ2v) is 7.49. The van der Waals surface area contributed by atoms with Gasteiger partial charge in [-0.15, -0.1) is 12.4 Å². The summed E-state index contributed by atoms with van der Waals surface area (Å²) in [6.45, 7) is 1.43. The molecule has 166 valence electrons. The first kappa shape index (κ1) is 23.4. The predicted molar refractivity (Wildman–Crippen MR) is 122 cm³/mol. The number of benzene rings is 2. The van der Waals surface area contributed by atoms with E-state index in [1.54, 1.807) is 6.07 Å². The van der Waals surface area contributed by atoms with E-state index >= 15 is 0 Å². The van der Waals surface area contributed by atoms with Gasteiger partial charge < -0.3 is 10.2 Å². The summed E-state index contributed by atoms with van der Waals surface area (Å²) in [4.78, 5) is 6.68. The van der Waals surface area contributed by atoms with Crippen LogP contribution in [0.2, 0.25) is 0 Å². The molecule has 5 nitrogen and oxygen atoms in total. The molecule has 0 atom stereocenters. The fourth-order valence-corrected chi connectivity index (χ4v) is 3.55. The molecule has 0 radical (unpaired) electrons. The maximum Gasteiger partial charge on any atom is 0.416 e. The molecule has 2 aromatic carbocycles. The molecule has 0 saturated carbocycles. The van der Waals surface area contributed by atoms with E-state index in [1.165, 1.54) is 12.1 Å². The molecule has 4 rings (SSSR count). The molecule has 0 bridgehead atoms. The van der Waals surface area contributed by atoms with Gasteiger partial charge in [0.1, 0.15) is 17.5 Å². The van der Waals surface area contributed by atoms with Crippen LogP contribution in [-0.2, 0) is 6.18 Å². The van der Waals surface area contributed by atoms with Crippen LogP contribution in [0.15, 0.2) is 54.6 Å². The number of hydrogen-bond acceptors (Lipinski definition) is 4. The smallest absolute Gasteiger partial charge is 0.370 e. The summed E-state index contributed by atoms with van der Waals surface area (Å²) in [5.41, 5.74) is 2.69. The van der Waals surface area contributed by atoms with Crippen molar-refractivity contribution in [1.82, 2.24) is 14.3 Å². The first-order valence-electron chi connectivity index (χ1n) is 9.70. The molecular formula is C23H21ClF3N5. The van der Waals surface area contributed by atoms with Gasteiger partial charge in [-0.2, -0.15) is 18.4 Å². The standard InChI is InChI=1S/C23H20F3N5.ClH/c1-30(2)12-11-28-21-13-17(15-7-9-16(10-8-15)23(24,25)26)18(14-27)22-29-19-5-3-4-6-20(19)31(21)22;/h3-10,13,28H,11-12H2,1-2H3;1H. The van der Waals surface area contributed by atoms with Crippen LogP contribution in [0.5, 0.6) is 0 Å². The van der Waals surface area contributed by atoms with Gasteiger partial charge >= 0.3 is 6.18 Å². The Morgan fingerprint density at radius 3 is 2.41 bits per heavy atom. The van der Waals surface area contributed by atoms with Crippen molar-refractivity contribution in [3.05, 3.63) is 65.7 Å². The fraction of sp³-hybridized carbons (Fsp3) is 0.217. The molecule has 2 aromatic heterocycles. The van der Waals surface area contributed by atoms with Crippen molar-refractivity contribution < 1.29 is 13.2 Å². The van der Waals surface area contributed by atoms with E-state index in [2.05, 4.69) is 16.4 Å². The maximum absolute atomic E-state index is 13.0. The molecule has 0 aliphatic heterocycles. The third-order valence-corrected chi connectivity index (χ3v) is 5.08. The SMILES string of the molecule is CN(C)CCNc1cc(-c2ccc(C(F)(F)F)cc2)c(C#N)c2nc3ccccc3n12.Cl. The van der Waals surface area contributed by atoms with Crippen LogP contribution >= 0.6 is 12.4 Å². The summed E-state index contributed by atoms with van der Waals surface area (Å²) in [5, 5.41) is 13.3. The third-order valence-electron chi connectivity index (χ3n) is 5.08. The Morgan fingerprint density at radius 2 is 1.78 bits per heavy atom. The third kappa shape index (κ3) is 4.35. The van der Waals surface area contributed by atoms with Crippen molar-refractivity contribution >= 4 is 34.9 Å². The monoisotopic (exact) mass is 459 g/mol. The lowest BCUT2D eigenvalue weighted by molar-refractivity contribution is -0.137. The molecule has 0 amide bonds. The molecule has 32 heavy (non-hydrogen) atoms. The number of para-hydroxylation sites is 2. The summed E-state index contributed by atoms with van der Waals surface area (Å²) in [6.07, 6.45) is -4.42. The van der Waals surface area contributed by atoms with Gasteiger partial charge in [-0.05, 0) is 50.0 Å². The van der Waals surface area contributed by atoms with Crippen molar-refractivity contribution in [2.45, 2.75) is 6.18 Å². The number of imidazole rings is 1. The number of anilines is 1. The maximum atomic E-state index is 13.0. The van der Waals surface area contributed by atoms with Crippen molar-refractivity contribution in [2.75, 3.05) is 32.5 Å². The van der Waals surface area contributed by atoms with E-state index in [0.717, 1.165) is 35.5 Å². The highest BCUT2D eigenvalue weighted by Crippen LogP contribution is 2.35. The first-order chi connectivity index (χ1) is 14.8. The lowest BCUT2D eigenvalue weighted by Crippen LogP contribution is -2.21. The summed E-state index contributed by atoms with van der Waals surface area (Å²) in [7, 11) is 3.94. The van der Waals surface area contributed by atoms with Crippen molar-refractivity contribution in [1.29, 1.82) is 5.26 Å². The number of fused-ring (bicyclic) bond motifs is 3. The van der Waals surface area contributed by atoms with E-state index in [0.29, 0.717) is 28.9 Å². The van der Waals surface area contributed by atoms with Gasteiger partial charge in [0.15, 0.2) is 5.65 Å². The zero-order valence-electron chi connectivity index (χ0n) is 17.4. The number of nitriles is 1. The zero-order valence-corrected chi connectivity index (χ0v) is 18.3. The molecular weight excluding hydrogens is 439 g/mol. The Labute approximate surface area is 189 Å². The lowest BCUT2D eigenvalue weighted by atomic mass is 10.00. The Hall–Kier alpha value is -3.28. The van der Waals surface area contributed by atoms with Crippen LogP contribution in [0.4, 0.5) is 19.0 Å². The molecule has 9 heteroatoms. The van der Waals surface area contributed by atoms with Crippen LogP contribution in [-0.4, -0.2) is 41.5 Å². The molecule has 4 aromatic rings. The minimum absolute atomic E-state index is 0. The van der Waals surface area contributed by atoms with E-state index in [4.69, 9.17) is 0 Å². The van der Waals surface area contributed by atoms with Crippen LogP contribution < -0.4 is 5.32 Å². The van der Waals surface area contributed by atoms with E-state index < -0.39 is 11.7 Å². The summed E-state index contributed by atoms with van der Waals surface area (Å²) < 4.78 is 40.8. The van der Waals surface area contributed by atoms with E-state index in [9.17, 15) is 18.4 Å². The summed E-state index contributed by atoms with van der Waals surface area (Å²) >= 11 is 0. The van der Waals surface area contributed by atoms with Crippen molar-refractivity contribution in [3.63, 3.8) is 0 Å². The van der Waals surface area contributed by atoms with Gasteiger partial charge in [-0.25, -0.2) is 4.98 Å². The number of nitrogens with zero attached hydrogens (tertiary/aromatic N) is 4. The number of rotatable bonds is 5. The second-order valence-electron chi connectivity index (χ2n) is 7.49. The van der Waals surface area contributed by atoms with Gasteiger partial charge in [0.2, 0.25) is 0 Å². The minimum atomic E-state index is -4.42. The number of nitrogens with one attached hydrogen (secondary N) is 1. The largest absolute Gasteiger partial charge is 0.416 e. The molecule has 0 aliphatic rings. The molecule has 0 saturated heterocycles. The zero-order chi connectivity index (χ0) is 22.2. The van der Waals surface area contributed by atoms with Crippen molar-refractivity contribution in [3.8, 4) is 17.2 Å². The number of alkyl halides is 3. The Bertz CT molecular complexity index is 1290. The fourth-order valence-electron chi connectivity index (χ4n) is 3.55. The Kier molecular flexibility index (Phi) is 6.63. The molecule has 0 fully saturated rings. The molecule has 0 aliphatic carbocycles. The van der Waals surface area contributed by atoms with Crippen molar-refractivity contribution in [2.24, 2.45) is 0 Å². The second kappa shape index (κ2) is 9.07. The Balaban J connectivity index is 0.00000289. The highest BCUT2D eigenvalue weighted by Gasteiger charge is 2.30. The number of likely N-dealkylation sites (N-methyl/N-ethyl adjacent to an activating group) is 1. The van der Waals surface area contributed by atoms with Gasteiger partial charge in [-0.1, -0.05) is 24.3 Å². The minimum Gasteiger partial charge on any atom is -0.370 e. The van der Waals surface area contributed by atoms with E-state index in [1.807, 2.05) is 47.7 Å². The average molecular weight is 460 g/mol. The number of pyridine rings is 1. The van der Waals surface area contributed by atoms with Crippen LogP contribution in [0.25, 0.3) is 27.8 Å². The molecule has 0 unspecified atom stereocenters. The number of hydrogen-bond donors (Lipinski definition) is 1. The topological polar surface area (TPSA) is 56.4 Å². The quantitative estimate of drug-likeness (QED) is 0.431. The lowest BCUT2D eigenvalue weighted by Gasteiger charge is -2.16.